The fourth-order valence-corrected chi connectivity index (χ4v) is 5.00. The molecule has 1 aliphatic heterocycles. The number of piperidine rings is 1. The molecule has 2 aromatic rings. The molecule has 4 N–H and O–H groups in total. The quantitative estimate of drug-likeness (QED) is 0.507. The van der Waals surface area contributed by atoms with Crippen LogP contribution in [0, 0.1) is 0 Å². The Morgan fingerprint density at radius 2 is 1.72 bits per heavy atom. The minimum atomic E-state index is 0.401. The predicted molar refractivity (Wildman–Crippen MR) is 130 cm³/mol. The number of hydrogen-bond donors (Lipinski definition) is 3. The highest BCUT2D eigenvalue weighted by Gasteiger charge is 2.27. The fourth-order valence-electron chi connectivity index (χ4n) is 5.00. The molecular formula is C24H38N6O2. The van der Waals surface area contributed by atoms with Crippen molar-refractivity contribution in [1.82, 2.24) is 14.9 Å². The third-order valence-electron chi connectivity index (χ3n) is 6.83. The molecule has 0 spiro atoms. The van der Waals surface area contributed by atoms with Gasteiger partial charge in [-0.3, -0.25) is 0 Å². The molecule has 1 aromatic heterocycles. The molecular weight excluding hydrogens is 404 g/mol. The number of anilines is 2. The Hall–Kier alpha value is -2.32. The van der Waals surface area contributed by atoms with E-state index in [-0.39, 0.29) is 0 Å². The minimum Gasteiger partial charge on any atom is -0.493 e. The SMILES string of the molecule is COc1cc2nc(NCCCN)nc(NC3CCN(C4CCCCC4)CC3)c2cc1OC. The molecule has 1 aliphatic carbocycles. The van der Waals surface area contributed by atoms with Crippen LogP contribution in [0.3, 0.4) is 0 Å². The second kappa shape index (κ2) is 11.0. The van der Waals surface area contributed by atoms with Crippen LogP contribution < -0.4 is 25.8 Å². The monoisotopic (exact) mass is 442 g/mol. The normalized spacial score (nSPS) is 18.6. The maximum absolute atomic E-state index is 5.64. The van der Waals surface area contributed by atoms with Crippen LogP contribution in [0.15, 0.2) is 12.1 Å². The summed E-state index contributed by atoms with van der Waals surface area (Å²) in [6.45, 7) is 3.69. The van der Waals surface area contributed by atoms with Gasteiger partial charge in [0.1, 0.15) is 5.82 Å². The molecule has 2 aliphatic rings. The van der Waals surface area contributed by atoms with E-state index in [0.29, 0.717) is 30.0 Å². The van der Waals surface area contributed by atoms with Crippen molar-refractivity contribution >= 4 is 22.7 Å². The third kappa shape index (κ3) is 5.35. The third-order valence-corrected chi connectivity index (χ3v) is 6.83. The number of nitrogens with zero attached hydrogens (tertiary/aromatic N) is 3. The number of rotatable bonds is 9. The average molecular weight is 443 g/mol. The number of benzene rings is 1. The summed E-state index contributed by atoms with van der Waals surface area (Å²) in [6.07, 6.45) is 10.1. The van der Waals surface area contributed by atoms with Gasteiger partial charge in [0.15, 0.2) is 11.5 Å². The first-order chi connectivity index (χ1) is 15.7. The highest BCUT2D eigenvalue weighted by molar-refractivity contribution is 5.92. The molecule has 1 saturated carbocycles. The second-order valence-electron chi connectivity index (χ2n) is 8.94. The highest BCUT2D eigenvalue weighted by atomic mass is 16.5. The lowest BCUT2D eigenvalue weighted by atomic mass is 9.92. The van der Waals surface area contributed by atoms with Crippen molar-refractivity contribution < 1.29 is 9.47 Å². The number of aromatic nitrogens is 2. The van der Waals surface area contributed by atoms with Crippen molar-refractivity contribution in [3.05, 3.63) is 12.1 Å². The topological polar surface area (TPSA) is 97.6 Å². The van der Waals surface area contributed by atoms with Crippen molar-refractivity contribution in [2.75, 3.05) is 51.0 Å². The van der Waals surface area contributed by atoms with Gasteiger partial charge < -0.3 is 30.7 Å². The van der Waals surface area contributed by atoms with Crippen molar-refractivity contribution in [1.29, 1.82) is 0 Å². The van der Waals surface area contributed by atoms with E-state index in [2.05, 4.69) is 15.5 Å². The van der Waals surface area contributed by atoms with Crippen molar-refractivity contribution in [2.24, 2.45) is 5.73 Å². The molecule has 32 heavy (non-hydrogen) atoms. The molecule has 0 radical (unpaired) electrons. The van der Waals surface area contributed by atoms with Crippen molar-refractivity contribution in [3.8, 4) is 11.5 Å². The van der Waals surface area contributed by atoms with E-state index in [1.165, 1.54) is 32.1 Å². The molecule has 2 heterocycles. The summed E-state index contributed by atoms with van der Waals surface area (Å²) < 4.78 is 11.0. The van der Waals surface area contributed by atoms with Gasteiger partial charge in [0, 0.05) is 43.2 Å². The summed E-state index contributed by atoms with van der Waals surface area (Å²) in [5, 5.41) is 7.98. The molecule has 176 valence electrons. The lowest BCUT2D eigenvalue weighted by Crippen LogP contribution is -2.45. The molecule has 2 fully saturated rings. The van der Waals surface area contributed by atoms with Gasteiger partial charge in [0.2, 0.25) is 5.95 Å². The van der Waals surface area contributed by atoms with Gasteiger partial charge in [0.05, 0.1) is 19.7 Å². The summed E-state index contributed by atoms with van der Waals surface area (Å²) in [4.78, 5) is 12.2. The summed E-state index contributed by atoms with van der Waals surface area (Å²) in [5.74, 6) is 2.81. The molecule has 4 rings (SSSR count). The zero-order chi connectivity index (χ0) is 22.3. The molecule has 0 bridgehead atoms. The molecule has 8 nitrogen and oxygen atoms in total. The lowest BCUT2D eigenvalue weighted by molar-refractivity contribution is 0.126. The standard InChI is InChI=1S/C24H38N6O2/c1-31-21-15-19-20(16-22(21)32-2)28-24(26-12-6-11-25)29-23(19)27-17-9-13-30(14-10-17)18-7-4-3-5-8-18/h15-18H,3-14,25H2,1-2H3,(H2,26,27,28,29). The first-order valence-electron chi connectivity index (χ1n) is 12.1. The molecule has 0 unspecified atom stereocenters. The largest absolute Gasteiger partial charge is 0.493 e. The summed E-state index contributed by atoms with van der Waals surface area (Å²) in [5.41, 5.74) is 6.47. The van der Waals surface area contributed by atoms with Crippen LogP contribution >= 0.6 is 0 Å². The van der Waals surface area contributed by atoms with Crippen LogP contribution in [-0.2, 0) is 0 Å². The number of fused-ring (bicyclic) bond motifs is 1. The molecule has 1 aromatic carbocycles. The Morgan fingerprint density at radius 1 is 1.00 bits per heavy atom. The van der Waals surface area contributed by atoms with Crippen LogP contribution in [0.1, 0.15) is 51.4 Å². The van der Waals surface area contributed by atoms with Gasteiger partial charge >= 0.3 is 0 Å². The number of ether oxygens (including phenoxy) is 2. The van der Waals surface area contributed by atoms with Crippen molar-refractivity contribution in [2.45, 2.75) is 63.5 Å². The predicted octanol–water partition coefficient (Wildman–Crippen LogP) is 3.62. The van der Waals surface area contributed by atoms with Crippen LogP contribution in [0.5, 0.6) is 11.5 Å². The van der Waals surface area contributed by atoms with Gasteiger partial charge in [-0.1, -0.05) is 19.3 Å². The Labute approximate surface area is 191 Å². The number of hydrogen-bond acceptors (Lipinski definition) is 8. The maximum Gasteiger partial charge on any atom is 0.225 e. The second-order valence-corrected chi connectivity index (χ2v) is 8.94. The van der Waals surface area contributed by atoms with E-state index < -0.39 is 0 Å². The van der Waals surface area contributed by atoms with Gasteiger partial charge in [-0.15, -0.1) is 0 Å². The van der Waals surface area contributed by atoms with E-state index in [1.807, 2.05) is 12.1 Å². The molecule has 8 heteroatoms. The Morgan fingerprint density at radius 3 is 2.41 bits per heavy atom. The minimum absolute atomic E-state index is 0.401. The van der Waals surface area contributed by atoms with Crippen LogP contribution in [0.2, 0.25) is 0 Å². The van der Waals surface area contributed by atoms with Gasteiger partial charge in [-0.25, -0.2) is 4.98 Å². The van der Waals surface area contributed by atoms with Gasteiger partial charge in [-0.05, 0) is 44.7 Å². The fraction of sp³-hybridized carbons (Fsp3) is 0.667. The van der Waals surface area contributed by atoms with Crippen molar-refractivity contribution in [3.63, 3.8) is 0 Å². The number of nitrogens with one attached hydrogen (secondary N) is 2. The van der Waals surface area contributed by atoms with E-state index in [4.69, 9.17) is 25.2 Å². The first kappa shape index (κ1) is 22.9. The van der Waals surface area contributed by atoms with E-state index in [0.717, 1.165) is 61.7 Å². The van der Waals surface area contributed by atoms with Gasteiger partial charge in [-0.2, -0.15) is 4.98 Å². The summed E-state index contributed by atoms with van der Waals surface area (Å²) >= 11 is 0. The number of nitrogens with two attached hydrogens (primary N) is 1. The zero-order valence-electron chi connectivity index (χ0n) is 19.5. The average Bonchev–Trinajstić information content (AvgIpc) is 2.84. The molecule has 0 amide bonds. The van der Waals surface area contributed by atoms with E-state index in [9.17, 15) is 0 Å². The Balaban J connectivity index is 1.53. The first-order valence-corrected chi connectivity index (χ1v) is 12.1. The molecule has 0 atom stereocenters. The van der Waals surface area contributed by atoms with E-state index in [1.54, 1.807) is 14.2 Å². The van der Waals surface area contributed by atoms with E-state index >= 15 is 0 Å². The van der Waals surface area contributed by atoms with Crippen LogP contribution in [0.25, 0.3) is 10.9 Å². The van der Waals surface area contributed by atoms with Crippen LogP contribution in [0.4, 0.5) is 11.8 Å². The van der Waals surface area contributed by atoms with Crippen LogP contribution in [-0.4, -0.2) is 67.4 Å². The lowest BCUT2D eigenvalue weighted by Gasteiger charge is -2.39. The number of methoxy groups -OCH3 is 2. The highest BCUT2D eigenvalue weighted by Crippen LogP contribution is 2.35. The Bertz CT molecular complexity index is 878. The Kier molecular flexibility index (Phi) is 7.86. The maximum atomic E-state index is 5.64. The summed E-state index contributed by atoms with van der Waals surface area (Å²) in [7, 11) is 3.30. The smallest absolute Gasteiger partial charge is 0.225 e. The number of likely N-dealkylation sites (tertiary alicyclic amines) is 1. The molecule has 1 saturated heterocycles. The van der Waals surface area contributed by atoms with Gasteiger partial charge in [0.25, 0.3) is 0 Å². The summed E-state index contributed by atoms with van der Waals surface area (Å²) in [6, 6.07) is 5.08. The zero-order valence-corrected chi connectivity index (χ0v) is 19.5.